The lowest BCUT2D eigenvalue weighted by Crippen LogP contribution is -2.41. The molecule has 0 saturated carbocycles. The number of carbonyl (C=O) groups is 2. The number of nitrogens with zero attached hydrogens (tertiary/aromatic N) is 1. The number of anilines is 1. The average Bonchev–Trinajstić information content (AvgIpc) is 3.12. The maximum Gasteiger partial charge on any atom is 0.412 e. The van der Waals surface area contributed by atoms with Gasteiger partial charge in [-0.3, -0.25) is 9.59 Å². The van der Waals surface area contributed by atoms with E-state index in [1.54, 1.807) is 24.3 Å². The second kappa shape index (κ2) is 8.64. The highest BCUT2D eigenvalue weighted by atomic mass is 19.4. The molecule has 0 spiro atoms. The molecule has 1 aliphatic heterocycles. The number of rotatable bonds is 6. The lowest BCUT2D eigenvalue weighted by molar-refractivity contribution is -0.164. The lowest BCUT2D eigenvalue weighted by Gasteiger charge is -2.24. The number of carbonyl (C=O) groups excluding carboxylic acids is 2. The number of hydrogen-bond donors (Lipinski definition) is 1. The highest BCUT2D eigenvalue weighted by molar-refractivity contribution is 6.01. The van der Waals surface area contributed by atoms with E-state index in [2.05, 4.69) is 5.32 Å². The number of alkyl halides is 3. The molecular weight excluding hydrogens is 401 g/mol. The summed E-state index contributed by atoms with van der Waals surface area (Å²) in [5.74, 6) is -1.28. The highest BCUT2D eigenvalue weighted by Crippen LogP contribution is 2.37. The van der Waals surface area contributed by atoms with E-state index in [4.69, 9.17) is 9.47 Å². The van der Waals surface area contributed by atoms with E-state index in [9.17, 15) is 22.8 Å². The lowest BCUT2D eigenvalue weighted by atomic mass is 10.0. The number of methoxy groups -OCH3 is 2. The minimum Gasteiger partial charge on any atom is -0.497 e. The van der Waals surface area contributed by atoms with Crippen molar-refractivity contribution < 1.29 is 32.2 Å². The number of ether oxygens (including phenoxy) is 2. The predicted octanol–water partition coefficient (Wildman–Crippen LogP) is 3.48. The van der Waals surface area contributed by atoms with Crippen molar-refractivity contribution in [3.63, 3.8) is 0 Å². The third-order valence-electron chi connectivity index (χ3n) is 4.92. The third-order valence-corrected chi connectivity index (χ3v) is 4.92. The van der Waals surface area contributed by atoms with Gasteiger partial charge in [-0.15, -0.1) is 0 Å². The van der Waals surface area contributed by atoms with Crippen LogP contribution >= 0.6 is 0 Å². The van der Waals surface area contributed by atoms with Gasteiger partial charge in [0.05, 0.1) is 25.8 Å². The Labute approximate surface area is 171 Å². The largest absolute Gasteiger partial charge is 0.497 e. The summed E-state index contributed by atoms with van der Waals surface area (Å²) in [6.45, 7) is -0.0619. The zero-order valence-corrected chi connectivity index (χ0v) is 16.4. The second-order valence-corrected chi connectivity index (χ2v) is 6.84. The zero-order chi connectivity index (χ0) is 21.9. The fraction of sp³-hybridized carbons (Fsp3) is 0.333. The summed E-state index contributed by atoms with van der Waals surface area (Å²) >= 11 is 0. The average molecular weight is 422 g/mol. The van der Waals surface area contributed by atoms with E-state index in [-0.39, 0.29) is 24.4 Å². The van der Waals surface area contributed by atoms with Crippen molar-refractivity contribution in [2.75, 3.05) is 25.7 Å². The summed E-state index contributed by atoms with van der Waals surface area (Å²) in [5.41, 5.74) is 0.321. The first kappa shape index (κ1) is 21.5. The smallest absolute Gasteiger partial charge is 0.412 e. The number of halogens is 3. The predicted molar refractivity (Wildman–Crippen MR) is 103 cm³/mol. The van der Waals surface area contributed by atoms with Crippen LogP contribution in [0.1, 0.15) is 18.0 Å². The Balaban J connectivity index is 1.80. The quantitative estimate of drug-likeness (QED) is 0.774. The monoisotopic (exact) mass is 422 g/mol. The molecule has 3 rings (SSSR count). The van der Waals surface area contributed by atoms with Gasteiger partial charge in [0.15, 0.2) is 6.04 Å². The van der Waals surface area contributed by atoms with Crippen molar-refractivity contribution in [2.24, 2.45) is 5.92 Å². The molecule has 2 aromatic rings. The van der Waals surface area contributed by atoms with Crippen LogP contribution in [0.3, 0.4) is 0 Å². The van der Waals surface area contributed by atoms with Crippen LogP contribution in [0.15, 0.2) is 48.5 Å². The van der Waals surface area contributed by atoms with Crippen molar-refractivity contribution in [3.05, 3.63) is 54.1 Å². The number of hydrogen-bond acceptors (Lipinski definition) is 4. The van der Waals surface area contributed by atoms with E-state index in [0.717, 1.165) is 0 Å². The van der Waals surface area contributed by atoms with Crippen molar-refractivity contribution in [1.82, 2.24) is 5.32 Å². The van der Waals surface area contributed by atoms with Crippen LogP contribution in [0.5, 0.6) is 11.5 Å². The Morgan fingerprint density at radius 2 is 1.83 bits per heavy atom. The molecule has 1 aliphatic rings. The number of benzene rings is 2. The Morgan fingerprint density at radius 3 is 2.43 bits per heavy atom. The van der Waals surface area contributed by atoms with E-state index < -0.39 is 24.0 Å². The fourth-order valence-electron chi connectivity index (χ4n) is 3.38. The van der Waals surface area contributed by atoms with Crippen LogP contribution < -0.4 is 19.7 Å². The molecule has 9 heteroatoms. The van der Waals surface area contributed by atoms with Gasteiger partial charge in [-0.1, -0.05) is 30.3 Å². The minimum atomic E-state index is -4.67. The highest BCUT2D eigenvalue weighted by Gasteiger charge is 2.44. The first-order chi connectivity index (χ1) is 14.2. The van der Waals surface area contributed by atoms with Crippen LogP contribution in [0.25, 0.3) is 0 Å². The van der Waals surface area contributed by atoms with E-state index in [0.29, 0.717) is 17.2 Å². The molecule has 6 nitrogen and oxygen atoms in total. The summed E-state index contributed by atoms with van der Waals surface area (Å²) in [6.07, 6.45) is -4.87. The molecule has 30 heavy (non-hydrogen) atoms. The summed E-state index contributed by atoms with van der Waals surface area (Å²) in [6, 6.07) is 9.82. The Morgan fingerprint density at radius 1 is 1.13 bits per heavy atom. The molecule has 2 atom stereocenters. The molecule has 160 valence electrons. The van der Waals surface area contributed by atoms with E-state index in [1.165, 1.54) is 43.4 Å². The van der Waals surface area contributed by atoms with Gasteiger partial charge in [0.1, 0.15) is 11.5 Å². The fourth-order valence-corrected chi connectivity index (χ4v) is 3.38. The second-order valence-electron chi connectivity index (χ2n) is 6.84. The zero-order valence-electron chi connectivity index (χ0n) is 16.4. The van der Waals surface area contributed by atoms with Crippen molar-refractivity contribution in [2.45, 2.75) is 18.6 Å². The van der Waals surface area contributed by atoms with Crippen LogP contribution in [-0.4, -0.2) is 38.8 Å². The minimum absolute atomic E-state index is 0.0619. The summed E-state index contributed by atoms with van der Waals surface area (Å²) in [5, 5.41) is 2.06. The van der Waals surface area contributed by atoms with Crippen molar-refractivity contribution in [1.29, 1.82) is 0 Å². The number of nitrogens with one attached hydrogen (secondary N) is 1. The summed E-state index contributed by atoms with van der Waals surface area (Å²) < 4.78 is 51.0. The molecule has 0 bridgehead atoms. The standard InChI is InChI=1S/C21H21F3N2O4/c1-29-15-8-9-17(30-2)16(11-15)26-12-14(10-18(26)27)20(28)25-19(21(22,23)24)13-6-4-3-5-7-13/h3-9,11,14,19H,10,12H2,1-2H3,(H,25,28). The summed E-state index contributed by atoms with van der Waals surface area (Å²) in [7, 11) is 2.90. The molecular formula is C21H21F3N2O4. The molecule has 1 saturated heterocycles. The Hall–Kier alpha value is -3.23. The van der Waals surface area contributed by atoms with Gasteiger partial charge in [-0.05, 0) is 17.7 Å². The first-order valence-corrected chi connectivity index (χ1v) is 9.19. The maximum atomic E-state index is 13.5. The first-order valence-electron chi connectivity index (χ1n) is 9.19. The SMILES string of the molecule is COc1ccc(OC)c(N2CC(C(=O)NC(c3ccccc3)C(F)(F)F)CC2=O)c1. The van der Waals surface area contributed by atoms with Gasteiger partial charge >= 0.3 is 6.18 Å². The van der Waals surface area contributed by atoms with Crippen molar-refractivity contribution >= 4 is 17.5 Å². The van der Waals surface area contributed by atoms with Gasteiger partial charge in [0.25, 0.3) is 0 Å². The molecule has 1 fully saturated rings. The summed E-state index contributed by atoms with van der Waals surface area (Å²) in [4.78, 5) is 26.5. The normalized spacial score (nSPS) is 17.6. The molecule has 0 radical (unpaired) electrons. The van der Waals surface area contributed by atoms with Gasteiger partial charge < -0.3 is 19.7 Å². The van der Waals surface area contributed by atoms with Crippen molar-refractivity contribution in [3.8, 4) is 11.5 Å². The van der Waals surface area contributed by atoms with Gasteiger partial charge in [0, 0.05) is 19.0 Å². The molecule has 2 aromatic carbocycles. The van der Waals surface area contributed by atoms with Crippen LogP contribution in [0.4, 0.5) is 18.9 Å². The molecule has 0 aliphatic carbocycles. The number of amides is 2. The molecule has 2 unspecified atom stereocenters. The van der Waals surface area contributed by atoms with Gasteiger partial charge in [-0.2, -0.15) is 13.2 Å². The Kier molecular flexibility index (Phi) is 6.19. The van der Waals surface area contributed by atoms with Crippen LogP contribution in [-0.2, 0) is 9.59 Å². The van der Waals surface area contributed by atoms with Crippen LogP contribution in [0, 0.1) is 5.92 Å². The Bertz CT molecular complexity index is 918. The maximum absolute atomic E-state index is 13.5. The van der Waals surface area contributed by atoms with Gasteiger partial charge in [0.2, 0.25) is 11.8 Å². The van der Waals surface area contributed by atoms with Gasteiger partial charge in [-0.25, -0.2) is 0 Å². The molecule has 2 amide bonds. The third kappa shape index (κ3) is 4.50. The van der Waals surface area contributed by atoms with E-state index >= 15 is 0 Å². The molecule has 1 N–H and O–H groups in total. The molecule has 0 aromatic heterocycles. The topological polar surface area (TPSA) is 67.9 Å². The molecule has 1 heterocycles. The van der Waals surface area contributed by atoms with E-state index in [1.807, 2.05) is 0 Å². The van der Waals surface area contributed by atoms with Crippen LogP contribution in [0.2, 0.25) is 0 Å².